The third kappa shape index (κ3) is 4.91. The summed E-state index contributed by atoms with van der Waals surface area (Å²) >= 11 is 1.65. The van der Waals surface area contributed by atoms with Gasteiger partial charge in [-0.15, -0.1) is 11.3 Å². The van der Waals surface area contributed by atoms with Crippen LogP contribution in [0.15, 0.2) is 24.3 Å². The molecule has 27 heavy (non-hydrogen) atoms. The second-order valence-corrected chi connectivity index (χ2v) is 8.35. The van der Waals surface area contributed by atoms with E-state index in [1.807, 2.05) is 26.8 Å². The van der Waals surface area contributed by atoms with Crippen molar-refractivity contribution in [3.8, 4) is 0 Å². The number of carbonyl (C=O) groups is 2. The SMILES string of the molecule is Cc1cc([C@H](C)NC(=O)[C@@H](NC(=O)c2c(F)cccc2F)C(C)C)c(C)s1. The van der Waals surface area contributed by atoms with Crippen LogP contribution in [-0.4, -0.2) is 17.9 Å². The third-order valence-electron chi connectivity index (χ3n) is 4.33. The Bertz CT molecular complexity index is 828. The van der Waals surface area contributed by atoms with Crippen LogP contribution in [0.3, 0.4) is 0 Å². The average Bonchev–Trinajstić information content (AvgIpc) is 2.90. The standard InChI is InChI=1S/C20H24F2N2O2S/c1-10(2)18(24-19(25)17-15(21)7-6-8-16(17)22)20(26)23-12(4)14-9-11(3)27-13(14)5/h6-10,12,18H,1-5H3,(H,23,26)(H,24,25)/t12-,18-/m0/s1. The molecule has 2 N–H and O–H groups in total. The number of rotatable bonds is 6. The van der Waals surface area contributed by atoms with Crippen LogP contribution in [0.2, 0.25) is 0 Å². The van der Waals surface area contributed by atoms with Crippen LogP contribution >= 0.6 is 11.3 Å². The maximum atomic E-state index is 13.8. The van der Waals surface area contributed by atoms with Gasteiger partial charge in [0.15, 0.2) is 0 Å². The Kier molecular flexibility index (Phi) is 6.70. The highest BCUT2D eigenvalue weighted by Gasteiger charge is 2.28. The third-order valence-corrected chi connectivity index (χ3v) is 5.31. The number of halogens is 2. The summed E-state index contributed by atoms with van der Waals surface area (Å²) in [6.45, 7) is 9.36. The molecule has 1 aromatic carbocycles. The fourth-order valence-electron chi connectivity index (χ4n) is 2.92. The molecule has 146 valence electrons. The molecule has 0 aliphatic carbocycles. The van der Waals surface area contributed by atoms with Crippen LogP contribution in [0.25, 0.3) is 0 Å². The fourth-order valence-corrected chi connectivity index (χ4v) is 3.95. The quantitative estimate of drug-likeness (QED) is 0.769. The predicted octanol–water partition coefficient (Wildman–Crippen LogP) is 4.27. The highest BCUT2D eigenvalue weighted by Crippen LogP contribution is 2.26. The molecule has 2 atom stereocenters. The first-order chi connectivity index (χ1) is 12.6. The lowest BCUT2D eigenvalue weighted by Crippen LogP contribution is -2.50. The van der Waals surface area contributed by atoms with E-state index < -0.39 is 35.1 Å². The molecule has 7 heteroatoms. The zero-order valence-electron chi connectivity index (χ0n) is 16.0. The fraction of sp³-hybridized carbons (Fsp3) is 0.400. The molecule has 0 fully saturated rings. The zero-order valence-corrected chi connectivity index (χ0v) is 16.8. The smallest absolute Gasteiger partial charge is 0.257 e. The van der Waals surface area contributed by atoms with Gasteiger partial charge in [-0.1, -0.05) is 19.9 Å². The molecule has 2 amide bonds. The van der Waals surface area contributed by atoms with E-state index in [4.69, 9.17) is 0 Å². The molecule has 1 aromatic heterocycles. The number of hydrogen-bond acceptors (Lipinski definition) is 3. The first-order valence-electron chi connectivity index (χ1n) is 8.74. The topological polar surface area (TPSA) is 58.2 Å². The van der Waals surface area contributed by atoms with Gasteiger partial charge in [-0.2, -0.15) is 0 Å². The summed E-state index contributed by atoms with van der Waals surface area (Å²) in [5.41, 5.74) is 0.327. The van der Waals surface area contributed by atoms with Crippen molar-refractivity contribution in [2.45, 2.75) is 46.7 Å². The maximum absolute atomic E-state index is 13.8. The predicted molar refractivity (Wildman–Crippen MR) is 103 cm³/mol. The maximum Gasteiger partial charge on any atom is 0.257 e. The summed E-state index contributed by atoms with van der Waals surface area (Å²) < 4.78 is 27.7. The molecular weight excluding hydrogens is 370 g/mol. The Morgan fingerprint density at radius 1 is 1.04 bits per heavy atom. The number of nitrogens with one attached hydrogen (secondary N) is 2. The van der Waals surface area contributed by atoms with Crippen molar-refractivity contribution in [2.75, 3.05) is 0 Å². The van der Waals surface area contributed by atoms with Crippen LogP contribution in [0.5, 0.6) is 0 Å². The number of thiophene rings is 1. The molecule has 0 saturated heterocycles. The highest BCUT2D eigenvalue weighted by atomic mass is 32.1. The highest BCUT2D eigenvalue weighted by molar-refractivity contribution is 7.12. The Hall–Kier alpha value is -2.28. The van der Waals surface area contributed by atoms with Crippen molar-refractivity contribution in [3.05, 3.63) is 56.8 Å². The lowest BCUT2D eigenvalue weighted by Gasteiger charge is -2.24. The van der Waals surface area contributed by atoms with Gasteiger partial charge in [0.05, 0.1) is 6.04 Å². The Morgan fingerprint density at radius 3 is 2.11 bits per heavy atom. The first-order valence-corrected chi connectivity index (χ1v) is 9.55. The van der Waals surface area contributed by atoms with Crippen molar-refractivity contribution >= 4 is 23.2 Å². The Labute approximate surface area is 162 Å². The lowest BCUT2D eigenvalue weighted by atomic mass is 10.0. The van der Waals surface area contributed by atoms with Crippen LogP contribution in [0, 0.1) is 31.4 Å². The van der Waals surface area contributed by atoms with E-state index in [0.717, 1.165) is 27.5 Å². The molecule has 0 unspecified atom stereocenters. The summed E-state index contributed by atoms with van der Waals surface area (Å²) in [5.74, 6) is -3.54. The van der Waals surface area contributed by atoms with Crippen molar-refractivity contribution in [1.82, 2.24) is 10.6 Å². The Morgan fingerprint density at radius 2 is 1.63 bits per heavy atom. The molecule has 2 aromatic rings. The van der Waals surface area contributed by atoms with Gasteiger partial charge in [0.2, 0.25) is 5.91 Å². The molecule has 4 nitrogen and oxygen atoms in total. The van der Waals surface area contributed by atoms with Gasteiger partial charge < -0.3 is 10.6 Å². The molecule has 0 radical (unpaired) electrons. The number of amides is 2. The molecule has 2 rings (SSSR count). The number of hydrogen-bond donors (Lipinski definition) is 2. The second kappa shape index (κ2) is 8.61. The molecule has 0 aliphatic heterocycles. The summed E-state index contributed by atoms with van der Waals surface area (Å²) in [6.07, 6.45) is 0. The van der Waals surface area contributed by atoms with Gasteiger partial charge in [0.1, 0.15) is 23.2 Å². The monoisotopic (exact) mass is 394 g/mol. The molecule has 0 spiro atoms. The first kappa shape index (κ1) is 21.0. The van der Waals surface area contributed by atoms with Gasteiger partial charge in [-0.3, -0.25) is 9.59 Å². The van der Waals surface area contributed by atoms with Gasteiger partial charge in [-0.05, 0) is 50.5 Å². The summed E-state index contributed by atoms with van der Waals surface area (Å²) in [5, 5.41) is 5.35. The van der Waals surface area contributed by atoms with Crippen molar-refractivity contribution in [1.29, 1.82) is 0 Å². The zero-order chi connectivity index (χ0) is 20.3. The second-order valence-electron chi connectivity index (χ2n) is 6.89. The molecular formula is C20H24F2N2O2S. The minimum absolute atomic E-state index is 0.245. The van der Waals surface area contributed by atoms with Crippen LogP contribution in [-0.2, 0) is 4.79 Å². The van der Waals surface area contributed by atoms with E-state index in [1.165, 1.54) is 6.07 Å². The minimum atomic E-state index is -0.965. The number of aryl methyl sites for hydroxylation is 2. The number of benzene rings is 1. The van der Waals surface area contributed by atoms with E-state index in [1.54, 1.807) is 25.2 Å². The van der Waals surface area contributed by atoms with Crippen molar-refractivity contribution in [2.24, 2.45) is 5.92 Å². The van der Waals surface area contributed by atoms with Gasteiger partial charge >= 0.3 is 0 Å². The molecule has 0 saturated carbocycles. The van der Waals surface area contributed by atoms with E-state index >= 15 is 0 Å². The van der Waals surface area contributed by atoms with Crippen LogP contribution in [0.1, 0.15) is 52.5 Å². The van der Waals surface area contributed by atoms with E-state index in [-0.39, 0.29) is 12.0 Å². The molecule has 1 heterocycles. The lowest BCUT2D eigenvalue weighted by molar-refractivity contribution is -0.124. The van der Waals surface area contributed by atoms with Crippen molar-refractivity contribution in [3.63, 3.8) is 0 Å². The van der Waals surface area contributed by atoms with Crippen molar-refractivity contribution < 1.29 is 18.4 Å². The van der Waals surface area contributed by atoms with Gasteiger partial charge in [0.25, 0.3) is 5.91 Å². The normalized spacial score (nSPS) is 13.3. The van der Waals surface area contributed by atoms with Gasteiger partial charge in [-0.25, -0.2) is 8.78 Å². The summed E-state index contributed by atoms with van der Waals surface area (Å²) in [4.78, 5) is 27.3. The number of carbonyl (C=O) groups excluding carboxylic acids is 2. The Balaban J connectivity index is 2.15. The minimum Gasteiger partial charge on any atom is -0.348 e. The molecule has 0 aliphatic rings. The van der Waals surface area contributed by atoms with E-state index in [2.05, 4.69) is 10.6 Å². The van der Waals surface area contributed by atoms with Crippen LogP contribution in [0.4, 0.5) is 8.78 Å². The summed E-state index contributed by atoms with van der Waals surface area (Å²) in [7, 11) is 0. The largest absolute Gasteiger partial charge is 0.348 e. The average molecular weight is 394 g/mol. The van der Waals surface area contributed by atoms with Crippen LogP contribution < -0.4 is 10.6 Å². The van der Waals surface area contributed by atoms with E-state index in [9.17, 15) is 18.4 Å². The summed E-state index contributed by atoms with van der Waals surface area (Å²) in [6, 6.07) is 4.05. The molecule has 0 bridgehead atoms. The van der Waals surface area contributed by atoms with E-state index in [0.29, 0.717) is 0 Å². The van der Waals surface area contributed by atoms with Gasteiger partial charge in [0, 0.05) is 9.75 Å².